The Bertz CT molecular complexity index is 546. The van der Waals surface area contributed by atoms with Crippen molar-refractivity contribution < 1.29 is 14.5 Å². The Morgan fingerprint density at radius 1 is 1.33 bits per heavy atom. The molecule has 1 rings (SSSR count). The average Bonchev–Trinajstić information content (AvgIpc) is 2.46. The lowest BCUT2D eigenvalue weighted by molar-refractivity contribution is -0.384. The van der Waals surface area contributed by atoms with Crippen molar-refractivity contribution in [3.8, 4) is 0 Å². The molecule has 0 radical (unpaired) electrons. The Labute approximate surface area is 121 Å². The maximum absolute atomic E-state index is 12.0. The van der Waals surface area contributed by atoms with Crippen LogP contribution in [0.4, 0.5) is 11.4 Å². The van der Waals surface area contributed by atoms with Gasteiger partial charge in [-0.05, 0) is 13.0 Å². The molecule has 9 nitrogen and oxygen atoms in total. The number of benzene rings is 1. The normalized spacial score (nSPS) is 9.81. The molecule has 0 aliphatic carbocycles. The lowest BCUT2D eigenvalue weighted by Crippen LogP contribution is -2.31. The molecule has 0 spiro atoms. The van der Waals surface area contributed by atoms with Crippen molar-refractivity contribution in [2.45, 2.75) is 13.3 Å². The molecule has 0 aliphatic rings. The molecule has 0 atom stereocenters. The Morgan fingerprint density at radius 2 is 2.05 bits per heavy atom. The van der Waals surface area contributed by atoms with Crippen molar-refractivity contribution in [2.24, 2.45) is 5.84 Å². The molecule has 114 valence electrons. The summed E-state index contributed by atoms with van der Waals surface area (Å²) in [6.07, 6.45) is 0.125. The predicted octanol–water partition coefficient (Wildman–Crippen LogP) is 0.136. The van der Waals surface area contributed by atoms with E-state index >= 15 is 0 Å². The van der Waals surface area contributed by atoms with Gasteiger partial charge >= 0.3 is 0 Å². The zero-order chi connectivity index (χ0) is 15.8. The summed E-state index contributed by atoms with van der Waals surface area (Å²) in [5.41, 5.74) is 1.84. The number of hydrazine groups is 1. The molecule has 0 bridgehead atoms. The van der Waals surface area contributed by atoms with Gasteiger partial charge in [0.1, 0.15) is 5.69 Å². The Morgan fingerprint density at radius 3 is 2.62 bits per heavy atom. The standard InChI is InChI=1S/C12H17N5O4/c1-2-14-10(18)6-7-15-12(19)8-4-3-5-9(17(20)21)11(8)16-13/h3-5,16H,2,6-7,13H2,1H3,(H,14,18)(H,15,19). The zero-order valence-electron chi connectivity index (χ0n) is 11.5. The fourth-order valence-electron chi connectivity index (χ4n) is 1.70. The number of nitrogens with zero attached hydrogens (tertiary/aromatic N) is 1. The number of nitro groups is 1. The number of nitrogens with two attached hydrogens (primary N) is 1. The molecule has 1 aromatic rings. The molecule has 0 fully saturated rings. The zero-order valence-corrected chi connectivity index (χ0v) is 11.5. The van der Waals surface area contributed by atoms with Crippen LogP contribution in [0, 0.1) is 10.1 Å². The second-order valence-electron chi connectivity index (χ2n) is 4.06. The highest BCUT2D eigenvalue weighted by Crippen LogP contribution is 2.27. The molecule has 0 aliphatic heterocycles. The molecule has 21 heavy (non-hydrogen) atoms. The Balaban J connectivity index is 2.76. The van der Waals surface area contributed by atoms with E-state index in [0.29, 0.717) is 6.54 Å². The van der Waals surface area contributed by atoms with Crippen LogP contribution in [0.25, 0.3) is 0 Å². The van der Waals surface area contributed by atoms with Crippen molar-refractivity contribution >= 4 is 23.2 Å². The van der Waals surface area contributed by atoms with Crippen LogP contribution in [0.15, 0.2) is 18.2 Å². The highest BCUT2D eigenvalue weighted by Gasteiger charge is 2.20. The largest absolute Gasteiger partial charge is 0.356 e. The monoisotopic (exact) mass is 295 g/mol. The van der Waals surface area contributed by atoms with Crippen molar-refractivity contribution in [1.29, 1.82) is 0 Å². The van der Waals surface area contributed by atoms with Crippen molar-refractivity contribution in [3.05, 3.63) is 33.9 Å². The van der Waals surface area contributed by atoms with Crippen molar-refractivity contribution in [2.75, 3.05) is 18.5 Å². The average molecular weight is 295 g/mol. The SMILES string of the molecule is CCNC(=O)CCNC(=O)c1cccc([N+](=O)[O-])c1NN. The summed E-state index contributed by atoms with van der Waals surface area (Å²) < 4.78 is 0. The minimum absolute atomic E-state index is 0.0441. The van der Waals surface area contributed by atoms with E-state index < -0.39 is 10.8 Å². The fraction of sp³-hybridized carbons (Fsp3) is 0.333. The first-order valence-corrected chi connectivity index (χ1v) is 6.30. The van der Waals surface area contributed by atoms with Gasteiger partial charge in [0.05, 0.1) is 10.5 Å². The first-order chi connectivity index (χ1) is 10.0. The predicted molar refractivity (Wildman–Crippen MR) is 76.5 cm³/mol. The number of nitrogen functional groups attached to an aromatic ring is 1. The van der Waals surface area contributed by atoms with Crippen molar-refractivity contribution in [3.63, 3.8) is 0 Å². The highest BCUT2D eigenvalue weighted by molar-refractivity contribution is 6.01. The van der Waals surface area contributed by atoms with E-state index in [4.69, 9.17) is 5.84 Å². The lowest BCUT2D eigenvalue weighted by atomic mass is 10.1. The molecule has 2 amide bonds. The number of amides is 2. The third-order valence-corrected chi connectivity index (χ3v) is 2.64. The van der Waals surface area contributed by atoms with Crippen LogP contribution in [0.5, 0.6) is 0 Å². The number of carbonyl (C=O) groups excluding carboxylic acids is 2. The van der Waals surface area contributed by atoms with Crippen LogP contribution in [0.3, 0.4) is 0 Å². The molecule has 5 N–H and O–H groups in total. The number of nitro benzene ring substituents is 1. The summed E-state index contributed by atoms with van der Waals surface area (Å²) in [6, 6.07) is 4.03. The number of anilines is 1. The van der Waals surface area contributed by atoms with Gasteiger partial charge in [-0.25, -0.2) is 0 Å². The molecule has 0 unspecified atom stereocenters. The number of carbonyl (C=O) groups is 2. The first kappa shape index (κ1) is 16.4. The maximum atomic E-state index is 12.0. The maximum Gasteiger partial charge on any atom is 0.294 e. The molecular formula is C12H17N5O4. The topological polar surface area (TPSA) is 139 Å². The molecule has 0 saturated carbocycles. The first-order valence-electron chi connectivity index (χ1n) is 6.30. The minimum Gasteiger partial charge on any atom is -0.356 e. The summed E-state index contributed by atoms with van der Waals surface area (Å²) in [5, 5.41) is 16.0. The molecule has 0 aromatic heterocycles. The third kappa shape index (κ3) is 4.42. The minimum atomic E-state index is -0.638. The molecule has 0 saturated heterocycles. The van der Waals surface area contributed by atoms with Gasteiger partial charge in [0.2, 0.25) is 5.91 Å². The van der Waals surface area contributed by atoms with Crippen LogP contribution in [-0.2, 0) is 4.79 Å². The van der Waals surface area contributed by atoms with E-state index in [-0.39, 0.29) is 35.8 Å². The van der Waals surface area contributed by atoms with E-state index in [0.717, 1.165) is 0 Å². The molecular weight excluding hydrogens is 278 g/mol. The third-order valence-electron chi connectivity index (χ3n) is 2.64. The van der Waals surface area contributed by atoms with Gasteiger partial charge in [0, 0.05) is 25.6 Å². The van der Waals surface area contributed by atoms with E-state index in [1.54, 1.807) is 6.92 Å². The Kier molecular flexibility index (Phi) is 6.08. The van der Waals surface area contributed by atoms with Gasteiger partial charge in [0.15, 0.2) is 0 Å². The van der Waals surface area contributed by atoms with Crippen LogP contribution in [-0.4, -0.2) is 29.8 Å². The number of para-hydroxylation sites is 1. The van der Waals surface area contributed by atoms with Gasteiger partial charge in [-0.15, -0.1) is 0 Å². The van der Waals surface area contributed by atoms with E-state index in [1.165, 1.54) is 18.2 Å². The lowest BCUT2D eigenvalue weighted by Gasteiger charge is -2.09. The summed E-state index contributed by atoms with van der Waals surface area (Å²) >= 11 is 0. The summed E-state index contributed by atoms with van der Waals surface area (Å²) in [4.78, 5) is 33.4. The number of nitrogens with one attached hydrogen (secondary N) is 3. The number of hydrogen-bond donors (Lipinski definition) is 4. The Hall–Kier alpha value is -2.68. The van der Waals surface area contributed by atoms with Crippen LogP contribution < -0.4 is 21.9 Å². The second kappa shape index (κ2) is 7.80. The summed E-state index contributed by atoms with van der Waals surface area (Å²) in [5.74, 6) is 4.51. The van der Waals surface area contributed by atoms with Gasteiger partial charge in [0.25, 0.3) is 11.6 Å². The quantitative estimate of drug-likeness (QED) is 0.320. The summed E-state index contributed by atoms with van der Waals surface area (Å²) in [6.45, 7) is 2.43. The summed E-state index contributed by atoms with van der Waals surface area (Å²) in [7, 11) is 0. The van der Waals surface area contributed by atoms with E-state index in [9.17, 15) is 19.7 Å². The van der Waals surface area contributed by atoms with Gasteiger partial charge < -0.3 is 16.1 Å². The molecule has 1 aromatic carbocycles. The van der Waals surface area contributed by atoms with Crippen LogP contribution >= 0.6 is 0 Å². The van der Waals surface area contributed by atoms with Gasteiger partial charge in [-0.2, -0.15) is 0 Å². The molecule has 0 heterocycles. The van der Waals surface area contributed by atoms with Gasteiger partial charge in [-0.1, -0.05) is 6.07 Å². The second-order valence-corrected chi connectivity index (χ2v) is 4.06. The van der Waals surface area contributed by atoms with E-state index in [1.807, 2.05) is 0 Å². The smallest absolute Gasteiger partial charge is 0.294 e. The molecule has 9 heteroatoms. The fourth-order valence-corrected chi connectivity index (χ4v) is 1.70. The van der Waals surface area contributed by atoms with Gasteiger partial charge in [-0.3, -0.25) is 25.5 Å². The highest BCUT2D eigenvalue weighted by atomic mass is 16.6. The van der Waals surface area contributed by atoms with Crippen LogP contribution in [0.2, 0.25) is 0 Å². The van der Waals surface area contributed by atoms with E-state index in [2.05, 4.69) is 16.1 Å². The van der Waals surface area contributed by atoms with Crippen LogP contribution in [0.1, 0.15) is 23.7 Å². The number of rotatable bonds is 7. The number of hydrogen-bond acceptors (Lipinski definition) is 6. The van der Waals surface area contributed by atoms with Crippen molar-refractivity contribution in [1.82, 2.24) is 10.6 Å².